The van der Waals surface area contributed by atoms with Crippen LogP contribution in [-0.2, 0) is 9.59 Å². The van der Waals surface area contributed by atoms with Gasteiger partial charge in [0.1, 0.15) is 5.71 Å². The van der Waals surface area contributed by atoms with Crippen molar-refractivity contribution in [2.75, 3.05) is 0 Å². The largest absolute Gasteiger partial charge is 0.288 e. The molecule has 4 nitrogen and oxygen atoms in total. The number of ketones is 1. The summed E-state index contributed by atoms with van der Waals surface area (Å²) >= 11 is 0. The van der Waals surface area contributed by atoms with Crippen molar-refractivity contribution < 1.29 is 9.59 Å². The molecule has 0 saturated carbocycles. The number of rotatable bonds is 0. The van der Waals surface area contributed by atoms with E-state index >= 15 is 0 Å². The highest BCUT2D eigenvalue weighted by Crippen LogP contribution is 2.10. The molecule has 0 atom stereocenters. The Morgan fingerprint density at radius 3 is 2.92 bits per heavy atom. The third-order valence-electron chi connectivity index (χ3n) is 1.51. The van der Waals surface area contributed by atoms with Crippen LogP contribution in [0.3, 0.4) is 0 Å². The van der Waals surface area contributed by atoms with Gasteiger partial charge in [0, 0.05) is 0 Å². The van der Waals surface area contributed by atoms with Crippen molar-refractivity contribution in [1.29, 1.82) is 0 Å². The summed E-state index contributed by atoms with van der Waals surface area (Å²) in [6.45, 7) is 0. The van der Waals surface area contributed by atoms with Gasteiger partial charge in [-0.3, -0.25) is 9.59 Å². The summed E-state index contributed by atoms with van der Waals surface area (Å²) in [7, 11) is 0. The van der Waals surface area contributed by atoms with Gasteiger partial charge in [-0.2, -0.15) is 0 Å². The zero-order chi connectivity index (χ0) is 8.55. The first-order valence-corrected chi connectivity index (χ1v) is 3.37. The average molecular weight is 160 g/mol. The minimum absolute atomic E-state index is 0.144. The van der Waals surface area contributed by atoms with Gasteiger partial charge in [-0.1, -0.05) is 6.08 Å². The fraction of sp³-hybridized carbons (Fsp3) is 0. The molecule has 58 valence electrons. The summed E-state index contributed by atoms with van der Waals surface area (Å²) in [5.41, 5.74) is 0.604. The van der Waals surface area contributed by atoms with Crippen LogP contribution in [0.15, 0.2) is 33.9 Å². The lowest BCUT2D eigenvalue weighted by molar-refractivity contribution is -0.112. The molecule has 0 unspecified atom stereocenters. The molecule has 0 spiro atoms. The first kappa shape index (κ1) is 6.84. The van der Waals surface area contributed by atoms with E-state index in [0.717, 1.165) is 6.21 Å². The van der Waals surface area contributed by atoms with E-state index in [-0.39, 0.29) is 11.5 Å². The van der Waals surface area contributed by atoms with Crippen LogP contribution in [0.5, 0.6) is 0 Å². The van der Waals surface area contributed by atoms with Gasteiger partial charge in [-0.25, -0.2) is 9.98 Å². The SMILES string of the molecule is O=C1C=NC2=CC=CC(=O)C2=N1. The van der Waals surface area contributed by atoms with Crippen molar-refractivity contribution in [2.24, 2.45) is 9.98 Å². The molecule has 2 rings (SSSR count). The van der Waals surface area contributed by atoms with Crippen molar-refractivity contribution in [1.82, 2.24) is 0 Å². The zero-order valence-electron chi connectivity index (χ0n) is 6.02. The van der Waals surface area contributed by atoms with E-state index in [1.54, 1.807) is 12.2 Å². The summed E-state index contributed by atoms with van der Waals surface area (Å²) in [6.07, 6.45) is 5.69. The maximum atomic E-state index is 11.1. The molecule has 0 radical (unpaired) electrons. The summed E-state index contributed by atoms with van der Waals surface area (Å²) in [6, 6.07) is 0. The van der Waals surface area contributed by atoms with Crippen LogP contribution in [0.25, 0.3) is 0 Å². The standard InChI is InChI=1S/C8H4N2O2/c11-6-3-1-2-5-8(6)10-7(12)4-9-5/h1-4H. The van der Waals surface area contributed by atoms with Crippen molar-refractivity contribution in [2.45, 2.75) is 0 Å². The van der Waals surface area contributed by atoms with Gasteiger partial charge in [0.15, 0.2) is 0 Å². The van der Waals surface area contributed by atoms with E-state index < -0.39 is 5.91 Å². The van der Waals surface area contributed by atoms with Crippen LogP contribution in [0, 0.1) is 0 Å². The number of amides is 1. The van der Waals surface area contributed by atoms with Crippen molar-refractivity contribution >= 4 is 23.6 Å². The molecular weight excluding hydrogens is 156 g/mol. The highest BCUT2D eigenvalue weighted by molar-refractivity contribution is 6.54. The normalized spacial score (nSPS) is 20.3. The van der Waals surface area contributed by atoms with Crippen LogP contribution in [-0.4, -0.2) is 23.6 Å². The number of aliphatic imine (C=N–C) groups is 2. The van der Waals surface area contributed by atoms with E-state index in [1.807, 2.05) is 0 Å². The van der Waals surface area contributed by atoms with Crippen LogP contribution in [0.4, 0.5) is 0 Å². The molecule has 1 heterocycles. The Balaban J connectivity index is 2.53. The minimum Gasteiger partial charge on any atom is -0.287 e. The Labute approximate surface area is 68.0 Å². The maximum Gasteiger partial charge on any atom is 0.288 e. The summed E-state index contributed by atoms with van der Waals surface area (Å²) in [5.74, 6) is -0.747. The summed E-state index contributed by atoms with van der Waals surface area (Å²) in [5, 5.41) is 0. The van der Waals surface area contributed by atoms with E-state index in [9.17, 15) is 9.59 Å². The zero-order valence-corrected chi connectivity index (χ0v) is 6.02. The Morgan fingerprint density at radius 2 is 2.08 bits per heavy atom. The van der Waals surface area contributed by atoms with Gasteiger partial charge < -0.3 is 0 Å². The number of hydrogen-bond acceptors (Lipinski definition) is 3. The van der Waals surface area contributed by atoms with Crippen LogP contribution < -0.4 is 0 Å². The van der Waals surface area contributed by atoms with Gasteiger partial charge in [0.25, 0.3) is 5.91 Å². The lowest BCUT2D eigenvalue weighted by Crippen LogP contribution is -2.21. The van der Waals surface area contributed by atoms with Gasteiger partial charge in [0.05, 0.1) is 11.9 Å². The quantitative estimate of drug-likeness (QED) is 0.470. The molecule has 0 fully saturated rings. The molecule has 1 aliphatic carbocycles. The number of fused-ring (bicyclic) bond motifs is 1. The molecule has 1 aliphatic heterocycles. The predicted molar refractivity (Wildman–Crippen MR) is 43.2 cm³/mol. The van der Waals surface area contributed by atoms with Crippen molar-refractivity contribution in [3.05, 3.63) is 23.9 Å². The van der Waals surface area contributed by atoms with Gasteiger partial charge in [-0.15, -0.1) is 0 Å². The van der Waals surface area contributed by atoms with Crippen molar-refractivity contribution in [3.8, 4) is 0 Å². The maximum absolute atomic E-state index is 11.1. The third kappa shape index (κ3) is 0.934. The second-order valence-electron chi connectivity index (χ2n) is 2.33. The third-order valence-corrected chi connectivity index (χ3v) is 1.51. The van der Waals surface area contributed by atoms with Crippen LogP contribution in [0.1, 0.15) is 0 Å². The van der Waals surface area contributed by atoms with E-state index in [0.29, 0.717) is 5.70 Å². The molecule has 4 heteroatoms. The molecule has 12 heavy (non-hydrogen) atoms. The Morgan fingerprint density at radius 1 is 1.25 bits per heavy atom. The van der Waals surface area contributed by atoms with Crippen molar-refractivity contribution in [3.63, 3.8) is 0 Å². The molecule has 0 aromatic heterocycles. The number of nitrogens with zero attached hydrogens (tertiary/aromatic N) is 2. The molecule has 1 amide bonds. The van der Waals surface area contributed by atoms with Gasteiger partial charge >= 0.3 is 0 Å². The first-order chi connectivity index (χ1) is 5.77. The highest BCUT2D eigenvalue weighted by Gasteiger charge is 2.20. The summed E-state index contributed by atoms with van der Waals surface area (Å²) < 4.78 is 0. The predicted octanol–water partition coefficient (Wildman–Crippen LogP) is 0.0612. The highest BCUT2D eigenvalue weighted by atomic mass is 16.2. The average Bonchev–Trinajstić information content (AvgIpc) is 2.07. The molecular formula is C8H4N2O2. The Bertz CT molecular complexity index is 386. The fourth-order valence-corrected chi connectivity index (χ4v) is 0.991. The van der Waals surface area contributed by atoms with Gasteiger partial charge in [0.2, 0.25) is 5.78 Å². The van der Waals surface area contributed by atoms with Gasteiger partial charge in [-0.05, 0) is 12.2 Å². The smallest absolute Gasteiger partial charge is 0.287 e. The minimum atomic E-state index is -0.481. The summed E-state index contributed by atoms with van der Waals surface area (Å²) in [4.78, 5) is 29.1. The first-order valence-electron chi connectivity index (χ1n) is 3.37. The van der Waals surface area contributed by atoms with E-state index in [2.05, 4.69) is 9.98 Å². The number of carbonyl (C=O) groups is 2. The topological polar surface area (TPSA) is 58.9 Å². The number of hydrogen-bond donors (Lipinski definition) is 0. The monoisotopic (exact) mass is 160 g/mol. The number of carbonyl (C=O) groups excluding carboxylic acids is 2. The fourth-order valence-electron chi connectivity index (χ4n) is 0.991. The molecule has 0 N–H and O–H groups in total. The molecule has 0 aromatic carbocycles. The Kier molecular flexibility index (Phi) is 1.33. The van der Waals surface area contributed by atoms with E-state index in [1.165, 1.54) is 6.08 Å². The Hall–Kier alpha value is -1.84. The van der Waals surface area contributed by atoms with Crippen LogP contribution >= 0.6 is 0 Å². The molecule has 2 aliphatic rings. The lowest BCUT2D eigenvalue weighted by atomic mass is 10.1. The number of allylic oxidation sites excluding steroid dienone is 4. The lowest BCUT2D eigenvalue weighted by Gasteiger charge is -2.08. The second-order valence-corrected chi connectivity index (χ2v) is 2.33. The molecule has 0 saturated heterocycles. The second kappa shape index (κ2) is 2.34. The molecule has 0 bridgehead atoms. The van der Waals surface area contributed by atoms with E-state index in [4.69, 9.17) is 0 Å². The van der Waals surface area contributed by atoms with Crippen LogP contribution in [0.2, 0.25) is 0 Å². The molecule has 0 aromatic rings.